The maximum Gasteiger partial charge on any atom is 0.410 e. The van der Waals surface area contributed by atoms with Gasteiger partial charge in [-0.1, -0.05) is 122 Å². The van der Waals surface area contributed by atoms with Gasteiger partial charge in [-0.05, 0) is 51.5 Å². The summed E-state index contributed by atoms with van der Waals surface area (Å²) in [6.45, 7) is 19.8. The first-order chi connectivity index (χ1) is 17.6. The number of nitrogens with zero attached hydrogens (tertiary/aromatic N) is 2. The molecular formula is C33H45BN2O. The highest BCUT2D eigenvalue weighted by molar-refractivity contribution is 6.69. The van der Waals surface area contributed by atoms with E-state index >= 15 is 0 Å². The number of aliphatic hydroxyl groups is 1. The second-order valence-corrected chi connectivity index (χ2v) is 11.8. The van der Waals surface area contributed by atoms with Crippen molar-refractivity contribution in [2.45, 2.75) is 85.1 Å². The minimum Gasteiger partial charge on any atom is -0.392 e. The molecule has 1 aliphatic heterocycles. The Kier molecular flexibility index (Phi) is 8.38. The van der Waals surface area contributed by atoms with Crippen molar-refractivity contribution in [1.82, 2.24) is 0 Å². The van der Waals surface area contributed by atoms with Crippen LogP contribution in [0.4, 0.5) is 11.4 Å². The number of para-hydroxylation sites is 2. The van der Waals surface area contributed by atoms with Crippen molar-refractivity contribution in [1.29, 1.82) is 0 Å². The molecule has 1 aliphatic rings. The molecule has 3 nitrogen and oxygen atoms in total. The van der Waals surface area contributed by atoms with Crippen LogP contribution in [0.1, 0.15) is 113 Å². The van der Waals surface area contributed by atoms with Crippen molar-refractivity contribution in [2.24, 2.45) is 0 Å². The van der Waals surface area contributed by atoms with Crippen LogP contribution in [0.2, 0.25) is 0 Å². The fraction of sp³-hybridized carbons (Fsp3) is 0.455. The van der Waals surface area contributed by atoms with Gasteiger partial charge in [0.2, 0.25) is 0 Å². The Balaban J connectivity index is 1.96. The summed E-state index contributed by atoms with van der Waals surface area (Å²) >= 11 is 0. The molecule has 0 amide bonds. The van der Waals surface area contributed by atoms with Crippen LogP contribution in [0.5, 0.6) is 0 Å². The molecule has 1 atom stereocenters. The van der Waals surface area contributed by atoms with Gasteiger partial charge in [0.15, 0.2) is 0 Å². The number of aliphatic hydroxyl groups excluding tert-OH is 1. The minimum absolute atomic E-state index is 0.197. The molecule has 0 aromatic heterocycles. The lowest BCUT2D eigenvalue weighted by Gasteiger charge is -2.38. The molecule has 0 saturated carbocycles. The highest BCUT2D eigenvalue weighted by Gasteiger charge is 2.46. The van der Waals surface area contributed by atoms with Crippen molar-refractivity contribution in [3.8, 4) is 0 Å². The molecule has 0 spiro atoms. The molecule has 1 fully saturated rings. The van der Waals surface area contributed by atoms with E-state index in [9.17, 15) is 5.11 Å². The molecular weight excluding hydrogens is 451 g/mol. The van der Waals surface area contributed by atoms with E-state index < -0.39 is 6.00 Å². The smallest absolute Gasteiger partial charge is 0.392 e. The van der Waals surface area contributed by atoms with Gasteiger partial charge in [-0.2, -0.15) is 0 Å². The van der Waals surface area contributed by atoms with Gasteiger partial charge in [-0.25, -0.2) is 0 Å². The maximum atomic E-state index is 12.1. The summed E-state index contributed by atoms with van der Waals surface area (Å²) in [7, 11) is 0. The van der Waals surface area contributed by atoms with Crippen LogP contribution in [0.3, 0.4) is 0 Å². The lowest BCUT2D eigenvalue weighted by Crippen LogP contribution is -2.50. The molecule has 1 N–H and O–H groups in total. The predicted octanol–water partition coefficient (Wildman–Crippen LogP) is 8.27. The molecule has 1 unspecified atom stereocenters. The lowest BCUT2D eigenvalue weighted by atomic mass is 9.62. The average Bonchev–Trinajstić information content (AvgIpc) is 3.32. The number of hydrogen-bond acceptors (Lipinski definition) is 3. The summed E-state index contributed by atoms with van der Waals surface area (Å²) in [6.07, 6.45) is 0. The predicted molar refractivity (Wildman–Crippen MR) is 161 cm³/mol. The fourth-order valence-electron chi connectivity index (χ4n) is 5.99. The van der Waals surface area contributed by atoms with Crippen molar-refractivity contribution in [2.75, 3.05) is 22.7 Å². The Bertz CT molecular complexity index is 1060. The summed E-state index contributed by atoms with van der Waals surface area (Å²) in [6, 6.07) is 23.1. The third-order valence-corrected chi connectivity index (χ3v) is 7.90. The molecule has 0 bridgehead atoms. The Morgan fingerprint density at radius 2 is 0.892 bits per heavy atom. The summed E-state index contributed by atoms with van der Waals surface area (Å²) in [5.74, 6) is 1.58. The largest absolute Gasteiger partial charge is 0.410 e. The second kappa shape index (κ2) is 11.4. The average molecular weight is 497 g/mol. The van der Waals surface area contributed by atoms with Crippen LogP contribution in [0, 0.1) is 0 Å². The summed E-state index contributed by atoms with van der Waals surface area (Å²) in [4.78, 5) is 5.03. The number of hydrogen-bond donors (Lipinski definition) is 1. The van der Waals surface area contributed by atoms with E-state index in [2.05, 4.69) is 114 Å². The lowest BCUT2D eigenvalue weighted by molar-refractivity contribution is 0.252. The first-order valence-corrected chi connectivity index (χ1v) is 14.1. The van der Waals surface area contributed by atoms with E-state index in [1.54, 1.807) is 0 Å². The molecule has 37 heavy (non-hydrogen) atoms. The number of rotatable bonds is 8. The standard InChI is InChI=1S/C33H45BN2O/c1-22(2)27-16-12-17-28(23(3)4)31(27)35-20-21-36(34(35)33(37)26-14-10-9-11-15-26)32-29(24(5)6)18-13-19-30(32)25(7)8/h9-19,22-25,33,37H,20-21H2,1-8H3. The van der Waals surface area contributed by atoms with Gasteiger partial charge in [0.1, 0.15) is 6.00 Å². The van der Waals surface area contributed by atoms with Crippen molar-refractivity contribution in [3.05, 3.63) is 94.5 Å². The maximum absolute atomic E-state index is 12.1. The van der Waals surface area contributed by atoms with Gasteiger partial charge in [-0.3, -0.25) is 0 Å². The van der Waals surface area contributed by atoms with E-state index in [0.717, 1.165) is 18.7 Å². The van der Waals surface area contributed by atoms with Crippen LogP contribution >= 0.6 is 0 Å². The van der Waals surface area contributed by atoms with Crippen molar-refractivity contribution >= 4 is 18.4 Å². The SMILES string of the molecule is CC(C)c1cccc(C(C)C)c1N1CCN(c2c(C(C)C)cccc2C(C)C)B1C(O)c1ccccc1. The van der Waals surface area contributed by atoms with Gasteiger partial charge in [0.05, 0.1) is 0 Å². The molecule has 196 valence electrons. The molecule has 1 heterocycles. The van der Waals surface area contributed by atoms with Gasteiger partial charge < -0.3 is 14.7 Å². The van der Waals surface area contributed by atoms with E-state index in [1.165, 1.54) is 33.6 Å². The van der Waals surface area contributed by atoms with E-state index in [4.69, 9.17) is 0 Å². The van der Waals surface area contributed by atoms with Crippen LogP contribution in [-0.4, -0.2) is 25.2 Å². The molecule has 1 saturated heterocycles. The quantitative estimate of drug-likeness (QED) is 0.318. The monoisotopic (exact) mass is 496 g/mol. The molecule has 4 rings (SSSR count). The molecule has 0 radical (unpaired) electrons. The summed E-state index contributed by atoms with van der Waals surface area (Å²) < 4.78 is 0. The summed E-state index contributed by atoms with van der Waals surface area (Å²) in [5.41, 5.74) is 9.02. The fourth-order valence-corrected chi connectivity index (χ4v) is 5.99. The zero-order valence-electron chi connectivity index (χ0n) is 24.1. The van der Waals surface area contributed by atoms with Crippen molar-refractivity contribution in [3.63, 3.8) is 0 Å². The van der Waals surface area contributed by atoms with E-state index in [0.29, 0.717) is 23.7 Å². The Hall–Kier alpha value is -2.72. The van der Waals surface area contributed by atoms with Crippen LogP contribution in [0.15, 0.2) is 66.7 Å². The Morgan fingerprint density at radius 3 is 1.22 bits per heavy atom. The van der Waals surface area contributed by atoms with Crippen LogP contribution in [0.25, 0.3) is 0 Å². The minimum atomic E-state index is -0.649. The van der Waals surface area contributed by atoms with Gasteiger partial charge in [0.25, 0.3) is 0 Å². The van der Waals surface area contributed by atoms with Gasteiger partial charge in [0, 0.05) is 24.5 Å². The Morgan fingerprint density at radius 1 is 0.541 bits per heavy atom. The zero-order chi connectivity index (χ0) is 26.9. The van der Waals surface area contributed by atoms with Crippen molar-refractivity contribution < 1.29 is 5.11 Å². The molecule has 3 aromatic rings. The first-order valence-electron chi connectivity index (χ1n) is 14.1. The number of anilines is 2. The van der Waals surface area contributed by atoms with Crippen LogP contribution in [-0.2, 0) is 0 Å². The third-order valence-electron chi connectivity index (χ3n) is 7.90. The van der Waals surface area contributed by atoms with Crippen LogP contribution < -0.4 is 9.62 Å². The first kappa shape index (κ1) is 27.3. The number of benzene rings is 3. The Labute approximate surface area is 225 Å². The highest BCUT2D eigenvalue weighted by atomic mass is 16.3. The van der Waals surface area contributed by atoms with E-state index in [1.807, 2.05) is 18.2 Å². The third kappa shape index (κ3) is 5.32. The zero-order valence-corrected chi connectivity index (χ0v) is 24.1. The molecule has 3 aromatic carbocycles. The van der Waals surface area contributed by atoms with Gasteiger partial charge >= 0.3 is 6.98 Å². The van der Waals surface area contributed by atoms with Gasteiger partial charge in [-0.15, -0.1) is 0 Å². The molecule has 4 heteroatoms. The normalized spacial score (nSPS) is 15.1. The molecule has 0 aliphatic carbocycles. The summed E-state index contributed by atoms with van der Waals surface area (Å²) in [5, 5.41) is 12.1. The topological polar surface area (TPSA) is 26.7 Å². The van der Waals surface area contributed by atoms with E-state index in [-0.39, 0.29) is 6.98 Å². The second-order valence-electron chi connectivity index (χ2n) is 11.8. The highest BCUT2D eigenvalue weighted by Crippen LogP contribution is 2.44.